The Morgan fingerprint density at radius 3 is 2.42 bits per heavy atom. The van der Waals surface area contributed by atoms with E-state index in [1.54, 1.807) is 36.4 Å². The number of halogens is 4. The predicted octanol–water partition coefficient (Wildman–Crippen LogP) is 4.72. The summed E-state index contributed by atoms with van der Waals surface area (Å²) in [5, 5.41) is 9.18. The molecule has 6 nitrogen and oxygen atoms in total. The van der Waals surface area contributed by atoms with Crippen molar-refractivity contribution < 1.29 is 13.2 Å². The Morgan fingerprint density at radius 1 is 1.03 bits per heavy atom. The van der Waals surface area contributed by atoms with Crippen LogP contribution >= 0.6 is 11.6 Å². The van der Waals surface area contributed by atoms with Crippen molar-refractivity contribution in [2.45, 2.75) is 38.7 Å². The molecule has 0 aliphatic rings. The number of aryl methyl sites for hydroxylation is 1. The number of hydrogen-bond acceptors (Lipinski definition) is 3. The number of alkyl halides is 3. The first-order valence-corrected chi connectivity index (χ1v) is 9.93. The summed E-state index contributed by atoms with van der Waals surface area (Å²) >= 11 is 6.01. The summed E-state index contributed by atoms with van der Waals surface area (Å²) in [6.07, 6.45) is -3.59. The van der Waals surface area contributed by atoms with Crippen LogP contribution in [0.25, 0.3) is 22.1 Å². The van der Waals surface area contributed by atoms with Gasteiger partial charge in [0.1, 0.15) is 11.7 Å². The lowest BCUT2D eigenvalue weighted by molar-refractivity contribution is -0.140. The highest BCUT2D eigenvalue weighted by molar-refractivity contribution is 6.29. The second kappa shape index (κ2) is 8.12. The summed E-state index contributed by atoms with van der Waals surface area (Å²) in [6, 6.07) is 13.7. The molecule has 0 fully saturated rings. The lowest BCUT2D eigenvalue weighted by atomic mass is 10.3. The first-order valence-electron chi connectivity index (χ1n) is 9.55. The number of aromatic nitrogens is 4. The number of unbranched alkanes of at least 4 members (excludes halogenated alkanes) is 1. The predicted molar refractivity (Wildman–Crippen MR) is 111 cm³/mol. The van der Waals surface area contributed by atoms with E-state index in [9.17, 15) is 18.0 Å². The lowest BCUT2D eigenvalue weighted by Gasteiger charge is -2.11. The standard InChI is InChI=1S/C21H17ClF3N5O/c22-19-8-7-16-15(27-19)11-14(28(16)10-4-3-9-26)12-29-17-5-1-2-6-18(17)30(20(29)31)13-21(23,24)25/h1-2,5-8,11H,3-4,10,12-13H2. The fraction of sp³-hybridized carbons (Fsp3) is 0.286. The van der Waals surface area contributed by atoms with Gasteiger partial charge in [0.05, 0.1) is 34.7 Å². The van der Waals surface area contributed by atoms with Crippen molar-refractivity contribution in [3.63, 3.8) is 0 Å². The molecule has 0 aliphatic carbocycles. The van der Waals surface area contributed by atoms with Crippen LogP contribution in [0, 0.1) is 11.3 Å². The van der Waals surface area contributed by atoms with E-state index in [4.69, 9.17) is 16.9 Å². The third-order valence-corrected chi connectivity index (χ3v) is 5.27. The molecule has 4 rings (SSSR count). The Labute approximate surface area is 179 Å². The third kappa shape index (κ3) is 4.16. The summed E-state index contributed by atoms with van der Waals surface area (Å²) in [4.78, 5) is 17.3. The van der Waals surface area contributed by atoms with Crippen LogP contribution < -0.4 is 5.69 Å². The highest BCUT2D eigenvalue weighted by Gasteiger charge is 2.30. The molecule has 3 heterocycles. The molecule has 0 bridgehead atoms. The van der Waals surface area contributed by atoms with Crippen molar-refractivity contribution >= 4 is 33.7 Å². The molecule has 0 unspecified atom stereocenters. The fourth-order valence-electron chi connectivity index (χ4n) is 3.80. The van der Waals surface area contributed by atoms with Crippen molar-refractivity contribution in [1.29, 1.82) is 5.26 Å². The minimum absolute atomic E-state index is 0.0603. The zero-order valence-electron chi connectivity index (χ0n) is 16.2. The smallest absolute Gasteiger partial charge is 0.341 e. The number of nitrogens with zero attached hydrogens (tertiary/aromatic N) is 5. The van der Waals surface area contributed by atoms with Crippen molar-refractivity contribution in [2.75, 3.05) is 0 Å². The molecular formula is C21H17ClF3N5O. The average Bonchev–Trinajstić information content (AvgIpc) is 3.17. The summed E-state index contributed by atoms with van der Waals surface area (Å²) in [6.45, 7) is -0.794. The third-order valence-electron chi connectivity index (χ3n) is 5.06. The zero-order valence-corrected chi connectivity index (χ0v) is 17.0. The van der Waals surface area contributed by atoms with E-state index in [2.05, 4.69) is 11.1 Å². The van der Waals surface area contributed by atoms with Gasteiger partial charge in [0.15, 0.2) is 0 Å². The van der Waals surface area contributed by atoms with Crippen molar-refractivity contribution in [3.8, 4) is 6.07 Å². The van der Waals surface area contributed by atoms with Gasteiger partial charge >= 0.3 is 11.9 Å². The van der Waals surface area contributed by atoms with Gasteiger partial charge in [0.2, 0.25) is 0 Å². The van der Waals surface area contributed by atoms with Crippen LogP contribution in [0.15, 0.2) is 47.3 Å². The molecular weight excluding hydrogens is 431 g/mol. The van der Waals surface area contributed by atoms with Crippen LogP contribution in [0.4, 0.5) is 13.2 Å². The van der Waals surface area contributed by atoms with Gasteiger partial charge in [-0.2, -0.15) is 18.4 Å². The first kappa shape index (κ1) is 21.0. The minimum atomic E-state index is -4.52. The number of para-hydroxylation sites is 2. The maximum atomic E-state index is 13.1. The van der Waals surface area contributed by atoms with Gasteiger partial charge in [0, 0.05) is 18.7 Å². The summed E-state index contributed by atoms with van der Waals surface area (Å²) in [5.41, 5.74) is 1.99. The molecule has 1 aromatic carbocycles. The van der Waals surface area contributed by atoms with Gasteiger partial charge in [0.25, 0.3) is 0 Å². The van der Waals surface area contributed by atoms with Gasteiger partial charge in [-0.15, -0.1) is 0 Å². The summed E-state index contributed by atoms with van der Waals surface area (Å²) in [5.74, 6) is 0. The zero-order chi connectivity index (χ0) is 22.2. The second-order valence-corrected chi connectivity index (χ2v) is 7.53. The maximum absolute atomic E-state index is 13.1. The fourth-order valence-corrected chi connectivity index (χ4v) is 3.95. The molecule has 0 amide bonds. The normalized spacial score (nSPS) is 12.0. The van der Waals surface area contributed by atoms with E-state index in [0.29, 0.717) is 41.3 Å². The number of rotatable bonds is 6. The second-order valence-electron chi connectivity index (χ2n) is 7.15. The van der Waals surface area contributed by atoms with Crippen LogP contribution in [0.1, 0.15) is 18.5 Å². The van der Waals surface area contributed by atoms with Gasteiger partial charge < -0.3 is 4.57 Å². The Bertz CT molecular complexity index is 1360. The molecule has 160 valence electrons. The maximum Gasteiger partial charge on any atom is 0.406 e. The summed E-state index contributed by atoms with van der Waals surface area (Å²) < 4.78 is 43.2. The quantitative estimate of drug-likeness (QED) is 0.317. The van der Waals surface area contributed by atoms with Crippen molar-refractivity contribution in [2.24, 2.45) is 0 Å². The molecule has 0 saturated carbocycles. The Hall–Kier alpha value is -3.25. The van der Waals surface area contributed by atoms with Gasteiger partial charge in [-0.25, -0.2) is 9.78 Å². The molecule has 0 saturated heterocycles. The minimum Gasteiger partial charge on any atom is -0.341 e. The molecule has 4 aromatic rings. The molecule has 0 aliphatic heterocycles. The molecule has 0 atom stereocenters. The van der Waals surface area contributed by atoms with Gasteiger partial charge in [-0.05, 0) is 36.8 Å². The monoisotopic (exact) mass is 447 g/mol. The van der Waals surface area contributed by atoms with Gasteiger partial charge in [-0.1, -0.05) is 23.7 Å². The van der Waals surface area contributed by atoms with E-state index in [1.165, 1.54) is 10.6 Å². The van der Waals surface area contributed by atoms with Crippen LogP contribution in [0.3, 0.4) is 0 Å². The Balaban J connectivity index is 1.84. The molecule has 10 heteroatoms. The number of fused-ring (bicyclic) bond motifs is 2. The van der Waals surface area contributed by atoms with Crippen molar-refractivity contribution in [3.05, 3.63) is 63.8 Å². The first-order chi connectivity index (χ1) is 14.8. The average molecular weight is 448 g/mol. The molecule has 3 aromatic heterocycles. The van der Waals surface area contributed by atoms with Crippen LogP contribution in [-0.2, 0) is 19.6 Å². The van der Waals surface area contributed by atoms with E-state index in [0.717, 1.165) is 10.1 Å². The topological polar surface area (TPSA) is 68.5 Å². The Morgan fingerprint density at radius 2 is 1.74 bits per heavy atom. The SMILES string of the molecule is N#CCCCn1c(Cn2c(=O)n(CC(F)(F)F)c3ccccc32)cc2nc(Cl)ccc21. The van der Waals surface area contributed by atoms with E-state index < -0.39 is 18.4 Å². The molecule has 0 N–H and O–H groups in total. The highest BCUT2D eigenvalue weighted by Crippen LogP contribution is 2.24. The number of hydrogen-bond donors (Lipinski definition) is 0. The lowest BCUT2D eigenvalue weighted by Crippen LogP contribution is -2.30. The molecule has 0 spiro atoms. The van der Waals surface area contributed by atoms with E-state index in [1.807, 2.05) is 4.57 Å². The molecule has 31 heavy (non-hydrogen) atoms. The van der Waals surface area contributed by atoms with Crippen LogP contribution in [0.5, 0.6) is 0 Å². The van der Waals surface area contributed by atoms with E-state index >= 15 is 0 Å². The Kier molecular flexibility index (Phi) is 5.50. The number of nitriles is 1. The largest absolute Gasteiger partial charge is 0.406 e. The highest BCUT2D eigenvalue weighted by atomic mass is 35.5. The van der Waals surface area contributed by atoms with Crippen LogP contribution in [-0.4, -0.2) is 24.9 Å². The van der Waals surface area contributed by atoms with Crippen LogP contribution in [0.2, 0.25) is 5.15 Å². The summed E-state index contributed by atoms with van der Waals surface area (Å²) in [7, 11) is 0. The number of pyridine rings is 1. The molecule has 0 radical (unpaired) electrons. The number of imidazole rings is 1. The number of benzene rings is 1. The van der Waals surface area contributed by atoms with Crippen molar-refractivity contribution in [1.82, 2.24) is 18.7 Å². The van der Waals surface area contributed by atoms with E-state index in [-0.39, 0.29) is 12.1 Å². The van der Waals surface area contributed by atoms with Gasteiger partial charge in [-0.3, -0.25) is 9.13 Å².